The highest BCUT2D eigenvalue weighted by Crippen LogP contribution is 2.43. The lowest BCUT2D eigenvalue weighted by Crippen LogP contribution is -2.33. The Morgan fingerprint density at radius 1 is 0.944 bits per heavy atom. The van der Waals surface area contributed by atoms with Gasteiger partial charge in [0.25, 0.3) is 0 Å². The van der Waals surface area contributed by atoms with Crippen LogP contribution in [-0.2, 0) is 4.79 Å². The van der Waals surface area contributed by atoms with Gasteiger partial charge < -0.3 is 5.11 Å². The van der Waals surface area contributed by atoms with Crippen LogP contribution in [0.15, 0.2) is 0 Å². The highest BCUT2D eigenvalue weighted by molar-refractivity contribution is 5.70. The molecule has 0 amide bonds. The first-order chi connectivity index (χ1) is 8.59. The average molecular weight is 252 g/mol. The number of hydrogen-bond donors (Lipinski definition) is 1. The van der Waals surface area contributed by atoms with E-state index in [1.165, 1.54) is 32.1 Å². The third-order valence-corrected chi connectivity index (χ3v) is 5.63. The highest BCUT2D eigenvalue weighted by atomic mass is 16.4. The molecule has 2 aliphatic carbocycles. The lowest BCUT2D eigenvalue weighted by Gasteiger charge is -2.38. The van der Waals surface area contributed by atoms with Crippen molar-refractivity contribution in [2.45, 2.75) is 65.2 Å². The molecule has 5 unspecified atom stereocenters. The minimum atomic E-state index is -0.534. The van der Waals surface area contributed by atoms with Gasteiger partial charge in [0.05, 0.1) is 5.92 Å². The summed E-state index contributed by atoms with van der Waals surface area (Å²) in [7, 11) is 0. The van der Waals surface area contributed by atoms with Crippen LogP contribution < -0.4 is 0 Å². The summed E-state index contributed by atoms with van der Waals surface area (Å²) in [6.45, 7) is 4.70. The van der Waals surface area contributed by atoms with Gasteiger partial charge in [-0.3, -0.25) is 4.79 Å². The molecule has 2 nitrogen and oxygen atoms in total. The van der Waals surface area contributed by atoms with Crippen LogP contribution in [0, 0.1) is 29.6 Å². The van der Waals surface area contributed by atoms with Crippen LogP contribution in [0.2, 0.25) is 0 Å². The lowest BCUT2D eigenvalue weighted by atomic mass is 9.67. The number of rotatable bonds is 2. The summed E-state index contributed by atoms with van der Waals surface area (Å²) in [5.41, 5.74) is 0. The van der Waals surface area contributed by atoms with E-state index >= 15 is 0 Å². The maximum Gasteiger partial charge on any atom is 0.306 e. The zero-order chi connectivity index (χ0) is 13.1. The van der Waals surface area contributed by atoms with Crippen molar-refractivity contribution in [1.29, 1.82) is 0 Å². The molecule has 18 heavy (non-hydrogen) atoms. The molecule has 104 valence electrons. The van der Waals surface area contributed by atoms with Crippen LogP contribution in [0.1, 0.15) is 65.2 Å². The van der Waals surface area contributed by atoms with E-state index in [0.29, 0.717) is 11.8 Å². The van der Waals surface area contributed by atoms with E-state index in [1.54, 1.807) is 0 Å². The Balaban J connectivity index is 2.05. The molecule has 2 heteroatoms. The van der Waals surface area contributed by atoms with Gasteiger partial charge in [-0.1, -0.05) is 39.5 Å². The molecule has 0 aliphatic heterocycles. The van der Waals surface area contributed by atoms with Gasteiger partial charge in [0.15, 0.2) is 0 Å². The minimum Gasteiger partial charge on any atom is -0.481 e. The van der Waals surface area contributed by atoms with Gasteiger partial charge in [-0.05, 0) is 49.4 Å². The van der Waals surface area contributed by atoms with E-state index < -0.39 is 5.97 Å². The second kappa shape index (κ2) is 6.08. The third kappa shape index (κ3) is 3.07. The third-order valence-electron chi connectivity index (χ3n) is 5.63. The Bertz CT molecular complexity index is 287. The lowest BCUT2D eigenvalue weighted by molar-refractivity contribution is -0.145. The molecule has 2 fully saturated rings. The first-order valence-electron chi connectivity index (χ1n) is 7.82. The Labute approximate surface area is 111 Å². The topological polar surface area (TPSA) is 37.3 Å². The number of aliphatic carboxylic acids is 1. The minimum absolute atomic E-state index is 0.0573. The van der Waals surface area contributed by atoms with Crippen LogP contribution in [0.25, 0.3) is 0 Å². The molecule has 0 saturated heterocycles. The fourth-order valence-electron chi connectivity index (χ4n) is 4.19. The van der Waals surface area contributed by atoms with Gasteiger partial charge in [0.1, 0.15) is 0 Å². The summed E-state index contributed by atoms with van der Waals surface area (Å²) in [6.07, 6.45) is 9.49. The molecule has 0 spiro atoms. The van der Waals surface area contributed by atoms with Crippen LogP contribution >= 0.6 is 0 Å². The molecular weight excluding hydrogens is 224 g/mol. The average Bonchev–Trinajstić information content (AvgIpc) is 2.58. The summed E-state index contributed by atoms with van der Waals surface area (Å²) >= 11 is 0. The molecule has 0 heterocycles. The van der Waals surface area contributed by atoms with Gasteiger partial charge in [-0.15, -0.1) is 0 Å². The molecule has 0 bridgehead atoms. The quantitative estimate of drug-likeness (QED) is 0.742. The zero-order valence-corrected chi connectivity index (χ0v) is 11.9. The molecule has 0 aromatic rings. The second-order valence-electron chi connectivity index (χ2n) is 6.77. The highest BCUT2D eigenvalue weighted by Gasteiger charge is 2.37. The van der Waals surface area contributed by atoms with Crippen LogP contribution in [-0.4, -0.2) is 11.1 Å². The van der Waals surface area contributed by atoms with Gasteiger partial charge in [-0.25, -0.2) is 0 Å². The Kier molecular flexibility index (Phi) is 4.69. The van der Waals surface area contributed by atoms with Crippen LogP contribution in [0.4, 0.5) is 0 Å². The summed E-state index contributed by atoms with van der Waals surface area (Å²) < 4.78 is 0. The smallest absolute Gasteiger partial charge is 0.306 e. The molecule has 0 aromatic carbocycles. The fourth-order valence-corrected chi connectivity index (χ4v) is 4.19. The van der Waals surface area contributed by atoms with E-state index in [0.717, 1.165) is 31.1 Å². The monoisotopic (exact) mass is 252 g/mol. The van der Waals surface area contributed by atoms with Crippen molar-refractivity contribution in [3.63, 3.8) is 0 Å². The number of carboxylic acid groups (broad SMARTS) is 1. The molecule has 2 rings (SSSR count). The predicted octanol–water partition coefficient (Wildman–Crippen LogP) is 4.34. The van der Waals surface area contributed by atoms with E-state index in [-0.39, 0.29) is 5.92 Å². The molecule has 0 aromatic heterocycles. The van der Waals surface area contributed by atoms with Crippen LogP contribution in [0.5, 0.6) is 0 Å². The molecule has 1 N–H and O–H groups in total. The molecule has 5 atom stereocenters. The molecule has 0 radical (unpaired) electrons. The summed E-state index contributed by atoms with van der Waals surface area (Å²) in [5, 5.41) is 9.48. The van der Waals surface area contributed by atoms with Gasteiger partial charge in [-0.2, -0.15) is 0 Å². The van der Waals surface area contributed by atoms with Gasteiger partial charge in [0.2, 0.25) is 0 Å². The maximum absolute atomic E-state index is 11.5. The van der Waals surface area contributed by atoms with Crippen LogP contribution in [0.3, 0.4) is 0 Å². The molecular formula is C16H28O2. The van der Waals surface area contributed by atoms with Crippen molar-refractivity contribution < 1.29 is 9.90 Å². The van der Waals surface area contributed by atoms with Gasteiger partial charge in [0, 0.05) is 0 Å². The van der Waals surface area contributed by atoms with E-state index in [2.05, 4.69) is 13.8 Å². The van der Waals surface area contributed by atoms with E-state index in [4.69, 9.17) is 0 Å². The van der Waals surface area contributed by atoms with E-state index in [9.17, 15) is 9.90 Å². The van der Waals surface area contributed by atoms with Gasteiger partial charge >= 0.3 is 5.97 Å². The first-order valence-corrected chi connectivity index (χ1v) is 7.82. The summed E-state index contributed by atoms with van der Waals surface area (Å²) in [4.78, 5) is 11.5. The summed E-state index contributed by atoms with van der Waals surface area (Å²) in [6, 6.07) is 0. The molecule has 2 aliphatic rings. The Hall–Kier alpha value is -0.530. The fraction of sp³-hybridized carbons (Fsp3) is 0.938. The van der Waals surface area contributed by atoms with Crippen molar-refractivity contribution in [3.8, 4) is 0 Å². The predicted molar refractivity (Wildman–Crippen MR) is 73.4 cm³/mol. The van der Waals surface area contributed by atoms with Crippen molar-refractivity contribution >= 4 is 5.97 Å². The standard InChI is InChI=1S/C16H28O2/c1-11-8-9-13(10-12(11)2)14-6-4-3-5-7-15(14)16(17)18/h11-15H,3-10H2,1-2H3,(H,17,18). The van der Waals surface area contributed by atoms with Crippen molar-refractivity contribution in [2.75, 3.05) is 0 Å². The first kappa shape index (κ1) is 13.9. The normalized spacial score (nSPS) is 42.2. The Morgan fingerprint density at radius 2 is 1.67 bits per heavy atom. The Morgan fingerprint density at radius 3 is 2.33 bits per heavy atom. The molecule has 2 saturated carbocycles. The van der Waals surface area contributed by atoms with Crippen molar-refractivity contribution in [2.24, 2.45) is 29.6 Å². The zero-order valence-electron chi connectivity index (χ0n) is 11.9. The summed E-state index contributed by atoms with van der Waals surface area (Å²) in [5.74, 6) is 2.15. The number of carboxylic acids is 1. The SMILES string of the molecule is CC1CCC(C2CCCCCC2C(=O)O)CC1C. The van der Waals surface area contributed by atoms with E-state index in [1.807, 2.05) is 0 Å². The largest absolute Gasteiger partial charge is 0.481 e. The number of carbonyl (C=O) groups is 1. The maximum atomic E-state index is 11.5. The van der Waals surface area contributed by atoms with Crippen molar-refractivity contribution in [1.82, 2.24) is 0 Å². The second-order valence-corrected chi connectivity index (χ2v) is 6.77. The number of hydrogen-bond acceptors (Lipinski definition) is 1. The van der Waals surface area contributed by atoms with Crippen molar-refractivity contribution in [3.05, 3.63) is 0 Å².